The Balaban J connectivity index is 1.13. The van der Waals surface area contributed by atoms with Gasteiger partial charge < -0.3 is 9.80 Å². The Labute approximate surface area is 381 Å². The second-order valence-corrected chi connectivity index (χ2v) is 17.6. The summed E-state index contributed by atoms with van der Waals surface area (Å²) >= 11 is 0. The molecule has 0 heterocycles. The highest BCUT2D eigenvalue weighted by Crippen LogP contribution is 2.66. The summed E-state index contributed by atoms with van der Waals surface area (Å²) in [4.78, 5) is 4.41. The van der Waals surface area contributed by atoms with E-state index < -0.39 is 17.2 Å². The van der Waals surface area contributed by atoms with Crippen molar-refractivity contribution in [2.45, 2.75) is 18.5 Å². The molecule has 3 aliphatic rings. The number of fused-ring (bicyclic) bond motifs is 14. The van der Waals surface area contributed by atoms with Crippen molar-refractivity contribution < 1.29 is 13.2 Å². The lowest BCUT2D eigenvalue weighted by Crippen LogP contribution is -2.26. The third kappa shape index (κ3) is 5.43. The molecule has 1 spiro atoms. The van der Waals surface area contributed by atoms with Crippen molar-refractivity contribution in [1.29, 1.82) is 0 Å². The maximum absolute atomic E-state index is 14.0. The Bertz CT molecular complexity index is 3580. The number of anilines is 6. The molecule has 1 unspecified atom stereocenters. The summed E-state index contributed by atoms with van der Waals surface area (Å²) in [5.41, 5.74) is 19.6. The summed E-state index contributed by atoms with van der Waals surface area (Å²) < 4.78 is 41.9. The summed E-state index contributed by atoms with van der Waals surface area (Å²) in [5, 5.41) is 2.50. The van der Waals surface area contributed by atoms with Gasteiger partial charge in [-0.2, -0.15) is 13.2 Å². The van der Waals surface area contributed by atoms with Crippen LogP contribution in [0.4, 0.5) is 47.3 Å². The topological polar surface area (TPSA) is 6.48 Å². The zero-order valence-electron chi connectivity index (χ0n) is 35.8. The van der Waals surface area contributed by atoms with E-state index >= 15 is 0 Å². The molecule has 13 rings (SSSR count). The van der Waals surface area contributed by atoms with Crippen LogP contribution < -0.4 is 9.80 Å². The van der Waals surface area contributed by atoms with E-state index in [1.165, 1.54) is 78.5 Å². The van der Waals surface area contributed by atoms with Crippen LogP contribution in [0.1, 0.15) is 33.4 Å². The fourth-order valence-electron chi connectivity index (χ4n) is 11.3. The number of rotatable bonds is 6. The number of para-hydroxylation sites is 2. The Hall–Kier alpha value is -8.15. The first-order valence-corrected chi connectivity index (χ1v) is 22.3. The lowest BCUT2D eigenvalue weighted by atomic mass is 9.70. The van der Waals surface area contributed by atoms with Crippen LogP contribution in [0.2, 0.25) is 0 Å². The molecule has 66 heavy (non-hydrogen) atoms. The maximum atomic E-state index is 14.0. The van der Waals surface area contributed by atoms with E-state index in [2.05, 4.69) is 181 Å². The van der Waals surface area contributed by atoms with E-state index in [9.17, 15) is 13.2 Å². The van der Waals surface area contributed by atoms with E-state index in [1.54, 1.807) is 12.1 Å². The molecule has 10 aromatic carbocycles. The number of nitrogens with zero attached hydrogens (tertiary/aromatic N) is 2. The molecule has 5 heteroatoms. The molecule has 2 nitrogen and oxygen atoms in total. The first kappa shape index (κ1) is 38.3. The predicted molar refractivity (Wildman–Crippen MR) is 264 cm³/mol. The summed E-state index contributed by atoms with van der Waals surface area (Å²) in [7, 11) is 0. The fraction of sp³-hybridized carbons (Fsp3) is 0.0492. The summed E-state index contributed by atoms with van der Waals surface area (Å²) in [5.74, 6) is 0. The molecule has 0 amide bonds. The van der Waals surface area contributed by atoms with Gasteiger partial charge in [-0.25, -0.2) is 0 Å². The number of benzene rings is 10. The number of hydrogen-bond donors (Lipinski definition) is 0. The normalized spacial score (nSPS) is 14.7. The van der Waals surface area contributed by atoms with E-state index in [-0.39, 0.29) is 0 Å². The highest BCUT2D eigenvalue weighted by molar-refractivity contribution is 6.21. The Morgan fingerprint density at radius 1 is 0.348 bits per heavy atom. The third-order valence-electron chi connectivity index (χ3n) is 14.1. The zero-order valence-corrected chi connectivity index (χ0v) is 35.8. The van der Waals surface area contributed by atoms with Crippen molar-refractivity contribution in [3.63, 3.8) is 0 Å². The van der Waals surface area contributed by atoms with Gasteiger partial charge in [-0.1, -0.05) is 133 Å². The SMILES string of the molecule is Cc1ccc(N(c2ccccc2)c2ccc3c(c2)C2(c4cc(N(c5ccccc5)c5ccc(C(F)(F)F)cc5)ccc4-3)c3ccccc3-c3c2cc2c4c(cccc34)-c3ccccc3-2)cc1. The molecule has 1 atom stereocenters. The monoisotopic (exact) mass is 856 g/mol. The Morgan fingerprint density at radius 2 is 0.818 bits per heavy atom. The highest BCUT2D eigenvalue weighted by atomic mass is 19.4. The van der Waals surface area contributed by atoms with Crippen LogP contribution in [0.5, 0.6) is 0 Å². The van der Waals surface area contributed by atoms with Gasteiger partial charge in [0, 0.05) is 34.1 Å². The van der Waals surface area contributed by atoms with Gasteiger partial charge in [-0.3, -0.25) is 0 Å². The van der Waals surface area contributed by atoms with Gasteiger partial charge in [-0.15, -0.1) is 0 Å². The van der Waals surface area contributed by atoms with Crippen molar-refractivity contribution in [3.05, 3.63) is 252 Å². The van der Waals surface area contributed by atoms with Crippen LogP contribution in [-0.2, 0) is 11.6 Å². The van der Waals surface area contributed by atoms with Gasteiger partial charge in [-0.05, 0) is 175 Å². The van der Waals surface area contributed by atoms with Crippen molar-refractivity contribution in [1.82, 2.24) is 0 Å². The molecule has 0 N–H and O–H groups in total. The number of hydrogen-bond acceptors (Lipinski definition) is 2. The van der Waals surface area contributed by atoms with Crippen LogP contribution in [0.25, 0.3) is 55.3 Å². The minimum Gasteiger partial charge on any atom is -0.310 e. The van der Waals surface area contributed by atoms with Crippen LogP contribution in [0.15, 0.2) is 218 Å². The third-order valence-corrected chi connectivity index (χ3v) is 14.1. The molecule has 0 radical (unpaired) electrons. The van der Waals surface area contributed by atoms with Gasteiger partial charge >= 0.3 is 6.18 Å². The Kier molecular flexibility index (Phi) is 8.23. The molecule has 0 bridgehead atoms. The van der Waals surface area contributed by atoms with Gasteiger partial charge in [0.2, 0.25) is 0 Å². The van der Waals surface area contributed by atoms with Crippen LogP contribution in [0, 0.1) is 6.92 Å². The van der Waals surface area contributed by atoms with Crippen molar-refractivity contribution in [3.8, 4) is 44.5 Å². The van der Waals surface area contributed by atoms with E-state index in [4.69, 9.17) is 0 Å². The van der Waals surface area contributed by atoms with Crippen molar-refractivity contribution in [2.75, 3.05) is 9.80 Å². The van der Waals surface area contributed by atoms with Gasteiger partial charge in [0.05, 0.1) is 11.0 Å². The smallest absolute Gasteiger partial charge is 0.310 e. The van der Waals surface area contributed by atoms with E-state index in [0.717, 1.165) is 45.1 Å². The molecule has 0 aromatic heterocycles. The standard InChI is InChI=1S/C61H39F3N2/c1-38-23-27-42(28-24-38)65(40-13-4-2-5-14-40)44-31-33-48-49-34-32-45(66(41-15-6-3-7-16-41)43-29-25-39(26-30-43)61(62,63)64)36-56(49)60(55(48)35-44)54-22-11-10-19-51(54)59-52-21-12-20-50-46-17-8-9-18-47(46)53(58(50)52)37-57(59)60/h2-37H,1H3. The maximum Gasteiger partial charge on any atom is 0.416 e. The highest BCUT2D eigenvalue weighted by Gasteiger charge is 2.53. The molecule has 0 saturated heterocycles. The lowest BCUT2D eigenvalue weighted by Gasteiger charge is -2.33. The van der Waals surface area contributed by atoms with Gasteiger partial charge in [0.25, 0.3) is 0 Å². The average Bonchev–Trinajstić information content (AvgIpc) is 3.95. The molecular formula is C61H39F3N2. The second-order valence-electron chi connectivity index (χ2n) is 17.6. The molecule has 3 aliphatic carbocycles. The molecule has 10 aromatic rings. The number of aryl methyl sites for hydroxylation is 1. The minimum absolute atomic E-state index is 0.633. The number of alkyl halides is 3. The first-order chi connectivity index (χ1) is 32.3. The average molecular weight is 857 g/mol. The van der Waals surface area contributed by atoms with Crippen molar-refractivity contribution in [2.24, 2.45) is 0 Å². The fourth-order valence-corrected chi connectivity index (χ4v) is 11.3. The minimum atomic E-state index is -4.45. The molecule has 0 aliphatic heterocycles. The zero-order chi connectivity index (χ0) is 44.3. The Morgan fingerprint density at radius 3 is 1.39 bits per heavy atom. The van der Waals surface area contributed by atoms with E-state index in [1.807, 2.05) is 30.3 Å². The second kappa shape index (κ2) is 14.2. The largest absolute Gasteiger partial charge is 0.416 e. The summed E-state index contributed by atoms with van der Waals surface area (Å²) in [6, 6.07) is 75.1. The molecule has 314 valence electrons. The quantitative estimate of drug-likeness (QED) is 0.164. The molecule has 0 fully saturated rings. The number of halogens is 3. The van der Waals surface area contributed by atoms with Crippen LogP contribution in [-0.4, -0.2) is 0 Å². The van der Waals surface area contributed by atoms with Crippen LogP contribution >= 0.6 is 0 Å². The van der Waals surface area contributed by atoms with Crippen LogP contribution in [0.3, 0.4) is 0 Å². The lowest BCUT2D eigenvalue weighted by molar-refractivity contribution is -0.137. The van der Waals surface area contributed by atoms with Crippen molar-refractivity contribution >= 4 is 44.9 Å². The van der Waals surface area contributed by atoms with E-state index in [0.29, 0.717) is 5.69 Å². The summed E-state index contributed by atoms with van der Waals surface area (Å²) in [6.45, 7) is 2.11. The first-order valence-electron chi connectivity index (χ1n) is 22.3. The predicted octanol–water partition coefficient (Wildman–Crippen LogP) is 17.1. The van der Waals surface area contributed by atoms with Gasteiger partial charge in [0.1, 0.15) is 0 Å². The molecule has 0 saturated carbocycles. The molecular weight excluding hydrogens is 818 g/mol. The summed E-state index contributed by atoms with van der Waals surface area (Å²) in [6.07, 6.45) is -4.45. The van der Waals surface area contributed by atoms with Gasteiger partial charge in [0.15, 0.2) is 0 Å².